The van der Waals surface area contributed by atoms with Gasteiger partial charge in [0.25, 0.3) is 0 Å². The molecule has 0 N–H and O–H groups in total. The molecule has 5 nitrogen and oxygen atoms in total. The average molecular weight is 337 g/mol. The van der Waals surface area contributed by atoms with E-state index in [0.717, 1.165) is 0 Å². The number of hydrogen-bond acceptors (Lipinski definition) is 5. The fourth-order valence-electron chi connectivity index (χ4n) is 3.07. The lowest BCUT2D eigenvalue weighted by Gasteiger charge is -2.27. The van der Waals surface area contributed by atoms with Gasteiger partial charge >= 0.3 is 11.9 Å². The van der Waals surface area contributed by atoms with E-state index in [4.69, 9.17) is 9.47 Å². The standard InChI is InChI=1S/C20H19NO4/c1-3-24-18(22)20(19(23)25-4-2)15-12-8-9-13-16(15)21-17(20)14-10-6-5-7-11-14/h5-13H,3-4H2,1-2H3. The number of benzene rings is 2. The van der Waals surface area contributed by atoms with Gasteiger partial charge in [0.2, 0.25) is 5.41 Å². The van der Waals surface area contributed by atoms with Crippen LogP contribution in [0.5, 0.6) is 0 Å². The molecule has 128 valence electrons. The molecule has 5 heteroatoms. The quantitative estimate of drug-likeness (QED) is 0.621. The maximum absolute atomic E-state index is 13.0. The summed E-state index contributed by atoms with van der Waals surface area (Å²) in [4.78, 5) is 30.6. The zero-order valence-corrected chi connectivity index (χ0v) is 14.2. The lowest BCUT2D eigenvalue weighted by atomic mass is 9.75. The van der Waals surface area contributed by atoms with Crippen molar-refractivity contribution >= 4 is 23.3 Å². The third-order valence-electron chi connectivity index (χ3n) is 4.11. The first-order valence-electron chi connectivity index (χ1n) is 8.24. The molecule has 2 aromatic carbocycles. The molecule has 0 aromatic heterocycles. The topological polar surface area (TPSA) is 65.0 Å². The monoisotopic (exact) mass is 337 g/mol. The summed E-state index contributed by atoms with van der Waals surface area (Å²) in [6.07, 6.45) is 0. The Morgan fingerprint density at radius 2 is 1.44 bits per heavy atom. The molecule has 0 radical (unpaired) electrons. The number of carbonyl (C=O) groups is 2. The smallest absolute Gasteiger partial charge is 0.334 e. The van der Waals surface area contributed by atoms with Crippen molar-refractivity contribution in [2.45, 2.75) is 19.3 Å². The van der Waals surface area contributed by atoms with Crippen molar-refractivity contribution in [3.63, 3.8) is 0 Å². The molecule has 0 aliphatic carbocycles. The van der Waals surface area contributed by atoms with Crippen LogP contribution in [0, 0.1) is 0 Å². The fraction of sp³-hybridized carbons (Fsp3) is 0.250. The van der Waals surface area contributed by atoms with Crippen molar-refractivity contribution < 1.29 is 19.1 Å². The Balaban J connectivity index is 2.28. The third kappa shape index (κ3) is 2.61. The summed E-state index contributed by atoms with van der Waals surface area (Å²) < 4.78 is 10.6. The van der Waals surface area contributed by atoms with E-state index in [2.05, 4.69) is 4.99 Å². The van der Waals surface area contributed by atoms with Crippen molar-refractivity contribution in [2.24, 2.45) is 4.99 Å². The molecule has 0 amide bonds. The van der Waals surface area contributed by atoms with Gasteiger partial charge in [-0.25, -0.2) is 0 Å². The number of ether oxygens (including phenoxy) is 2. The number of nitrogens with zero attached hydrogens (tertiary/aromatic N) is 1. The fourth-order valence-corrected chi connectivity index (χ4v) is 3.07. The van der Waals surface area contributed by atoms with Gasteiger partial charge < -0.3 is 9.47 Å². The first-order chi connectivity index (χ1) is 12.2. The lowest BCUT2D eigenvalue weighted by molar-refractivity contribution is -0.160. The van der Waals surface area contributed by atoms with E-state index >= 15 is 0 Å². The van der Waals surface area contributed by atoms with E-state index in [1.807, 2.05) is 36.4 Å². The molecular weight excluding hydrogens is 318 g/mol. The highest BCUT2D eigenvalue weighted by atomic mass is 16.6. The Bertz CT molecular complexity index is 809. The summed E-state index contributed by atoms with van der Waals surface area (Å²) in [7, 11) is 0. The summed E-state index contributed by atoms with van der Waals surface area (Å²) >= 11 is 0. The minimum atomic E-state index is -1.70. The van der Waals surface area contributed by atoms with Crippen molar-refractivity contribution in [1.82, 2.24) is 0 Å². The van der Waals surface area contributed by atoms with Gasteiger partial charge in [0, 0.05) is 5.56 Å². The molecular formula is C20H19NO4. The highest BCUT2D eigenvalue weighted by Crippen LogP contribution is 2.44. The van der Waals surface area contributed by atoms with E-state index in [0.29, 0.717) is 22.5 Å². The van der Waals surface area contributed by atoms with Gasteiger partial charge in [0.05, 0.1) is 24.6 Å². The Labute approximate surface area is 146 Å². The molecule has 0 saturated heterocycles. The average Bonchev–Trinajstić information content (AvgIpc) is 2.99. The summed E-state index contributed by atoms with van der Waals surface area (Å²) in [5.41, 5.74) is 0.378. The van der Waals surface area contributed by atoms with Crippen LogP contribution in [0.4, 0.5) is 5.69 Å². The maximum atomic E-state index is 13.0. The molecule has 1 aliphatic heterocycles. The summed E-state index contributed by atoms with van der Waals surface area (Å²) in [6.45, 7) is 3.72. The van der Waals surface area contributed by atoms with E-state index < -0.39 is 17.4 Å². The van der Waals surface area contributed by atoms with Crippen molar-refractivity contribution in [3.05, 3.63) is 65.7 Å². The number of aliphatic imine (C=N–C) groups is 1. The Hall–Kier alpha value is -2.95. The van der Waals surface area contributed by atoms with Crippen LogP contribution < -0.4 is 0 Å². The van der Waals surface area contributed by atoms with Crippen molar-refractivity contribution in [2.75, 3.05) is 13.2 Å². The second kappa shape index (κ2) is 6.89. The first-order valence-corrected chi connectivity index (χ1v) is 8.24. The summed E-state index contributed by atoms with van der Waals surface area (Å²) in [6, 6.07) is 16.3. The van der Waals surface area contributed by atoms with Crippen LogP contribution in [0.2, 0.25) is 0 Å². The van der Waals surface area contributed by atoms with Crippen LogP contribution in [0.15, 0.2) is 59.6 Å². The molecule has 25 heavy (non-hydrogen) atoms. The van der Waals surface area contributed by atoms with Crippen molar-refractivity contribution in [3.8, 4) is 0 Å². The van der Waals surface area contributed by atoms with Crippen molar-refractivity contribution in [1.29, 1.82) is 0 Å². The van der Waals surface area contributed by atoms with Gasteiger partial charge in [0.1, 0.15) is 0 Å². The molecule has 0 bridgehead atoms. The number of carbonyl (C=O) groups excluding carboxylic acids is 2. The predicted octanol–water partition coefficient (Wildman–Crippen LogP) is 3.19. The molecule has 1 heterocycles. The number of hydrogen-bond donors (Lipinski definition) is 0. The molecule has 1 aliphatic rings. The second-order valence-electron chi connectivity index (χ2n) is 5.53. The van der Waals surface area contributed by atoms with E-state index in [9.17, 15) is 9.59 Å². The van der Waals surface area contributed by atoms with Gasteiger partial charge in [-0.2, -0.15) is 0 Å². The molecule has 0 spiro atoms. The maximum Gasteiger partial charge on any atom is 0.334 e. The zero-order chi connectivity index (χ0) is 17.9. The summed E-state index contributed by atoms with van der Waals surface area (Å²) in [5.74, 6) is -1.33. The highest BCUT2D eigenvalue weighted by Gasteiger charge is 2.59. The third-order valence-corrected chi connectivity index (χ3v) is 4.11. The first kappa shape index (κ1) is 16.9. The second-order valence-corrected chi connectivity index (χ2v) is 5.53. The molecule has 2 aromatic rings. The van der Waals surface area contributed by atoms with Gasteiger partial charge in [-0.05, 0) is 25.5 Å². The Kier molecular flexibility index (Phi) is 4.65. The minimum Gasteiger partial charge on any atom is -0.465 e. The molecule has 3 rings (SSSR count). The van der Waals surface area contributed by atoms with Gasteiger partial charge in [-0.3, -0.25) is 14.6 Å². The Morgan fingerprint density at radius 3 is 2.04 bits per heavy atom. The SMILES string of the molecule is CCOC(=O)C1(C(=O)OCC)C(c2ccccc2)=Nc2ccccc21. The molecule has 0 saturated carbocycles. The normalized spacial score (nSPS) is 14.4. The summed E-state index contributed by atoms with van der Waals surface area (Å²) in [5, 5.41) is 0. The van der Waals surface area contributed by atoms with Gasteiger partial charge in [-0.15, -0.1) is 0 Å². The minimum absolute atomic E-state index is 0.157. The molecule has 0 unspecified atom stereocenters. The van der Waals surface area contributed by atoms with Crippen LogP contribution in [0.25, 0.3) is 0 Å². The van der Waals surface area contributed by atoms with Crippen LogP contribution in [0.3, 0.4) is 0 Å². The van der Waals surface area contributed by atoms with E-state index in [1.54, 1.807) is 32.0 Å². The molecule has 0 fully saturated rings. The predicted molar refractivity (Wildman–Crippen MR) is 94.0 cm³/mol. The highest BCUT2D eigenvalue weighted by molar-refractivity contribution is 6.35. The number of fused-ring (bicyclic) bond motifs is 1. The van der Waals surface area contributed by atoms with Gasteiger partial charge in [0.15, 0.2) is 0 Å². The van der Waals surface area contributed by atoms with Crippen LogP contribution in [-0.4, -0.2) is 30.9 Å². The molecule has 0 atom stereocenters. The largest absolute Gasteiger partial charge is 0.465 e. The number of esters is 2. The Morgan fingerprint density at radius 1 is 0.880 bits per heavy atom. The van der Waals surface area contributed by atoms with E-state index in [-0.39, 0.29) is 13.2 Å². The van der Waals surface area contributed by atoms with Crippen LogP contribution in [-0.2, 0) is 24.5 Å². The zero-order valence-electron chi connectivity index (χ0n) is 14.2. The number of rotatable bonds is 5. The van der Waals surface area contributed by atoms with Crippen LogP contribution in [0.1, 0.15) is 25.0 Å². The lowest BCUT2D eigenvalue weighted by Crippen LogP contribution is -2.51. The van der Waals surface area contributed by atoms with Crippen LogP contribution >= 0.6 is 0 Å². The van der Waals surface area contributed by atoms with E-state index in [1.165, 1.54) is 0 Å². The number of para-hydroxylation sites is 1. The van der Waals surface area contributed by atoms with Gasteiger partial charge in [-0.1, -0.05) is 48.5 Å².